The highest BCUT2D eigenvalue weighted by Crippen LogP contribution is 2.00. The van der Waals surface area contributed by atoms with Gasteiger partial charge in [0.1, 0.15) is 0 Å². The van der Waals surface area contributed by atoms with Crippen molar-refractivity contribution in [3.63, 3.8) is 0 Å². The molecule has 1 unspecified atom stereocenters. The van der Waals surface area contributed by atoms with Crippen LogP contribution in [0.4, 0.5) is 0 Å². The highest BCUT2D eigenvalue weighted by atomic mass is 35.5. The number of aliphatic carboxylic acids is 1. The molecular weight excluding hydrogens is 287 g/mol. The summed E-state index contributed by atoms with van der Waals surface area (Å²) in [6.07, 6.45) is 1.70. The van der Waals surface area contributed by atoms with Crippen LogP contribution in [0.25, 0.3) is 0 Å². The van der Waals surface area contributed by atoms with Gasteiger partial charge in [-0.1, -0.05) is 30.3 Å². The fourth-order valence-electron chi connectivity index (χ4n) is 1.64. The number of nitrogens with one attached hydrogen (secondary N) is 1. The average molecular weight is 309 g/mol. The van der Waals surface area contributed by atoms with Gasteiger partial charge in [-0.3, -0.25) is 4.79 Å². The maximum Gasteiger partial charge on any atom is 0.304 e. The summed E-state index contributed by atoms with van der Waals surface area (Å²) < 4.78 is 0. The van der Waals surface area contributed by atoms with Crippen LogP contribution in [0.3, 0.4) is 0 Å². The largest absolute Gasteiger partial charge is 0.481 e. The van der Waals surface area contributed by atoms with Gasteiger partial charge in [0.05, 0.1) is 6.42 Å². The molecule has 4 N–H and O–H groups in total. The van der Waals surface area contributed by atoms with E-state index < -0.39 is 5.97 Å². The van der Waals surface area contributed by atoms with E-state index in [1.807, 2.05) is 18.2 Å². The normalized spacial score (nSPS) is 11.0. The van der Waals surface area contributed by atoms with Crippen molar-refractivity contribution in [3.05, 3.63) is 35.9 Å². The molecule has 1 aromatic carbocycles. The molecule has 0 heterocycles. The van der Waals surface area contributed by atoms with E-state index in [4.69, 9.17) is 10.8 Å². The molecule has 0 saturated carbocycles. The zero-order valence-electron chi connectivity index (χ0n) is 10.7. The molecule has 0 spiro atoms. The molecule has 0 fully saturated rings. The number of hydrogen-bond acceptors (Lipinski definition) is 3. The minimum absolute atomic E-state index is 0. The monoisotopic (exact) mass is 308 g/mol. The van der Waals surface area contributed by atoms with Gasteiger partial charge >= 0.3 is 5.97 Å². The van der Waals surface area contributed by atoms with Gasteiger partial charge in [-0.2, -0.15) is 0 Å². The van der Waals surface area contributed by atoms with E-state index >= 15 is 0 Å². The molecule has 6 heteroatoms. The molecule has 0 aliphatic rings. The third-order valence-electron chi connectivity index (χ3n) is 2.54. The summed E-state index contributed by atoms with van der Waals surface area (Å²) in [7, 11) is 0. The summed E-state index contributed by atoms with van der Waals surface area (Å²) in [5.74, 6) is -0.824. The summed E-state index contributed by atoms with van der Waals surface area (Å²) in [5, 5.41) is 11.8. The summed E-state index contributed by atoms with van der Waals surface area (Å²) >= 11 is 0. The Morgan fingerprint density at radius 2 is 1.89 bits per heavy atom. The van der Waals surface area contributed by atoms with Gasteiger partial charge in [0.15, 0.2) is 0 Å². The van der Waals surface area contributed by atoms with Gasteiger partial charge in [0, 0.05) is 12.6 Å². The van der Waals surface area contributed by atoms with Crippen molar-refractivity contribution in [2.24, 2.45) is 5.73 Å². The lowest BCUT2D eigenvalue weighted by Gasteiger charge is -2.09. The molecule has 1 rings (SSSR count). The zero-order chi connectivity index (χ0) is 12.5. The Kier molecular flexibility index (Phi) is 13.2. The van der Waals surface area contributed by atoms with Crippen LogP contribution in [0.2, 0.25) is 0 Å². The van der Waals surface area contributed by atoms with Crippen LogP contribution in [0, 0.1) is 0 Å². The summed E-state index contributed by atoms with van der Waals surface area (Å²) in [6, 6.07) is 9.94. The lowest BCUT2D eigenvalue weighted by molar-refractivity contribution is -0.137. The summed E-state index contributed by atoms with van der Waals surface area (Å²) in [4.78, 5) is 10.4. The molecule has 110 valence electrons. The first-order valence-electron chi connectivity index (χ1n) is 5.90. The van der Waals surface area contributed by atoms with E-state index in [0.29, 0.717) is 0 Å². The number of hydrogen-bond donors (Lipinski definition) is 3. The fourth-order valence-corrected chi connectivity index (χ4v) is 1.64. The molecule has 0 radical (unpaired) electrons. The number of halogens is 2. The molecule has 0 aliphatic carbocycles. The van der Waals surface area contributed by atoms with E-state index in [1.165, 1.54) is 5.56 Å². The third kappa shape index (κ3) is 10.8. The number of nitrogens with two attached hydrogens (primary N) is 1. The first-order valence-corrected chi connectivity index (χ1v) is 5.90. The Bertz CT molecular complexity index is 337. The van der Waals surface area contributed by atoms with Crippen LogP contribution in [0.5, 0.6) is 0 Å². The van der Waals surface area contributed by atoms with Crippen molar-refractivity contribution in [3.8, 4) is 0 Å². The smallest absolute Gasteiger partial charge is 0.304 e. The van der Waals surface area contributed by atoms with Gasteiger partial charge < -0.3 is 16.2 Å². The fraction of sp³-hybridized carbons (Fsp3) is 0.462. The van der Waals surface area contributed by atoms with Crippen LogP contribution in [-0.4, -0.2) is 23.7 Å². The molecule has 4 nitrogen and oxygen atoms in total. The maximum atomic E-state index is 10.4. The Morgan fingerprint density at radius 3 is 2.47 bits per heavy atom. The second kappa shape index (κ2) is 12.2. The van der Waals surface area contributed by atoms with E-state index in [0.717, 1.165) is 25.9 Å². The molecule has 0 aromatic heterocycles. The van der Waals surface area contributed by atoms with E-state index in [-0.39, 0.29) is 37.3 Å². The van der Waals surface area contributed by atoms with Crippen molar-refractivity contribution in [2.75, 3.05) is 6.54 Å². The zero-order valence-corrected chi connectivity index (χ0v) is 12.4. The molecule has 0 bridgehead atoms. The summed E-state index contributed by atoms with van der Waals surface area (Å²) in [6.45, 7) is 1.71. The Labute approximate surface area is 126 Å². The van der Waals surface area contributed by atoms with Gasteiger partial charge in [0.25, 0.3) is 0 Å². The summed E-state index contributed by atoms with van der Waals surface area (Å²) in [5.41, 5.74) is 6.91. The SMILES string of the molecule is Cl.Cl.NC(CCCNCc1ccccc1)CC(=O)O. The average Bonchev–Trinajstić information content (AvgIpc) is 2.29. The molecule has 0 aliphatic heterocycles. The third-order valence-corrected chi connectivity index (χ3v) is 2.54. The molecule has 1 atom stereocenters. The van der Waals surface area contributed by atoms with Crippen molar-refractivity contribution in [1.82, 2.24) is 5.32 Å². The minimum atomic E-state index is -0.824. The van der Waals surface area contributed by atoms with E-state index in [9.17, 15) is 4.79 Å². The molecular formula is C13H22Cl2N2O2. The Morgan fingerprint density at radius 1 is 1.26 bits per heavy atom. The lowest BCUT2D eigenvalue weighted by Crippen LogP contribution is -2.25. The number of carboxylic acids is 1. The van der Waals surface area contributed by atoms with Crippen LogP contribution >= 0.6 is 24.8 Å². The molecule has 0 amide bonds. The number of carboxylic acid groups (broad SMARTS) is 1. The second-order valence-electron chi connectivity index (χ2n) is 4.16. The Balaban J connectivity index is 0. The van der Waals surface area contributed by atoms with Gasteiger partial charge in [-0.25, -0.2) is 0 Å². The second-order valence-corrected chi connectivity index (χ2v) is 4.16. The number of benzene rings is 1. The lowest BCUT2D eigenvalue weighted by atomic mass is 10.1. The van der Waals surface area contributed by atoms with Gasteiger partial charge in [0.2, 0.25) is 0 Å². The van der Waals surface area contributed by atoms with Crippen molar-refractivity contribution >= 4 is 30.8 Å². The van der Waals surface area contributed by atoms with Crippen LogP contribution < -0.4 is 11.1 Å². The van der Waals surface area contributed by atoms with Crippen LogP contribution in [0.1, 0.15) is 24.8 Å². The minimum Gasteiger partial charge on any atom is -0.481 e. The van der Waals surface area contributed by atoms with Gasteiger partial charge in [-0.15, -0.1) is 24.8 Å². The predicted octanol–water partition coefficient (Wildman–Crippen LogP) is 2.20. The van der Waals surface area contributed by atoms with Gasteiger partial charge in [-0.05, 0) is 24.9 Å². The van der Waals surface area contributed by atoms with Crippen molar-refractivity contribution in [1.29, 1.82) is 0 Å². The number of carbonyl (C=O) groups is 1. The Hall–Kier alpha value is -0.810. The molecule has 0 saturated heterocycles. The van der Waals surface area contributed by atoms with E-state index in [2.05, 4.69) is 17.4 Å². The topological polar surface area (TPSA) is 75.3 Å². The first-order chi connectivity index (χ1) is 8.18. The van der Waals surface area contributed by atoms with Crippen LogP contribution in [0.15, 0.2) is 30.3 Å². The number of rotatable bonds is 8. The predicted molar refractivity (Wildman–Crippen MR) is 82.1 cm³/mol. The van der Waals surface area contributed by atoms with Crippen molar-refractivity contribution in [2.45, 2.75) is 31.8 Å². The molecule has 1 aromatic rings. The first kappa shape index (κ1) is 20.5. The quantitative estimate of drug-likeness (QED) is 0.644. The van der Waals surface area contributed by atoms with Crippen LogP contribution in [-0.2, 0) is 11.3 Å². The van der Waals surface area contributed by atoms with Crippen molar-refractivity contribution < 1.29 is 9.90 Å². The highest BCUT2D eigenvalue weighted by Gasteiger charge is 2.06. The molecule has 19 heavy (non-hydrogen) atoms. The maximum absolute atomic E-state index is 10.4. The standard InChI is InChI=1S/C13H20N2O2.2ClH/c14-12(9-13(16)17)7-4-8-15-10-11-5-2-1-3-6-11;;/h1-3,5-6,12,15H,4,7-10,14H2,(H,16,17);2*1H. The van der Waals surface area contributed by atoms with E-state index in [1.54, 1.807) is 0 Å². The highest BCUT2D eigenvalue weighted by molar-refractivity contribution is 5.85.